The van der Waals surface area contributed by atoms with Crippen molar-refractivity contribution in [1.82, 2.24) is 15.1 Å². The van der Waals surface area contributed by atoms with Gasteiger partial charge in [-0.1, -0.05) is 5.16 Å². The minimum absolute atomic E-state index is 0.0457. The van der Waals surface area contributed by atoms with Crippen LogP contribution in [0.4, 0.5) is 19.9 Å². The molecule has 23 heavy (non-hydrogen) atoms. The van der Waals surface area contributed by atoms with Crippen LogP contribution in [0.1, 0.15) is 48.0 Å². The molecular formula is C14H17F2N5OS. The molecule has 2 aromatic heterocycles. The van der Waals surface area contributed by atoms with Crippen LogP contribution in [0.2, 0.25) is 0 Å². The molecule has 0 aromatic carbocycles. The third kappa shape index (κ3) is 2.89. The molecule has 0 amide bonds. The van der Waals surface area contributed by atoms with Gasteiger partial charge in [0.1, 0.15) is 0 Å². The highest BCUT2D eigenvalue weighted by atomic mass is 32.1. The van der Waals surface area contributed by atoms with Crippen molar-refractivity contribution in [2.45, 2.75) is 50.5 Å². The Labute approximate surface area is 135 Å². The van der Waals surface area contributed by atoms with Crippen molar-refractivity contribution >= 4 is 22.5 Å². The van der Waals surface area contributed by atoms with Gasteiger partial charge in [0.2, 0.25) is 5.92 Å². The quantitative estimate of drug-likeness (QED) is 0.904. The van der Waals surface area contributed by atoms with Crippen LogP contribution in [-0.2, 0) is 13.0 Å². The van der Waals surface area contributed by atoms with E-state index in [0.717, 1.165) is 17.0 Å². The average molecular weight is 341 g/mol. The Morgan fingerprint density at radius 3 is 3.04 bits per heavy atom. The van der Waals surface area contributed by atoms with Gasteiger partial charge in [0.05, 0.1) is 12.2 Å². The lowest BCUT2D eigenvalue weighted by molar-refractivity contribution is -0.0418. The molecule has 1 saturated carbocycles. The predicted octanol–water partition coefficient (Wildman–Crippen LogP) is 2.96. The van der Waals surface area contributed by atoms with Crippen LogP contribution in [0.15, 0.2) is 4.52 Å². The lowest BCUT2D eigenvalue weighted by Crippen LogP contribution is -2.30. The summed E-state index contributed by atoms with van der Waals surface area (Å²) in [6.07, 6.45) is 1.71. The Bertz CT molecular complexity index is 716. The number of thiazole rings is 1. The minimum Gasteiger partial charge on any atom is -0.375 e. The summed E-state index contributed by atoms with van der Waals surface area (Å²) in [4.78, 5) is 11.7. The van der Waals surface area contributed by atoms with Gasteiger partial charge in [-0.2, -0.15) is 4.98 Å². The van der Waals surface area contributed by atoms with Crippen LogP contribution in [0, 0.1) is 0 Å². The normalized spacial score (nSPS) is 23.7. The van der Waals surface area contributed by atoms with E-state index in [1.165, 1.54) is 11.3 Å². The van der Waals surface area contributed by atoms with E-state index in [0.29, 0.717) is 42.9 Å². The van der Waals surface area contributed by atoms with Gasteiger partial charge in [-0.25, -0.2) is 13.8 Å². The van der Waals surface area contributed by atoms with Crippen molar-refractivity contribution in [3.05, 3.63) is 16.4 Å². The third-order valence-electron chi connectivity index (χ3n) is 4.45. The number of hydrogen-bond donors (Lipinski definition) is 1. The summed E-state index contributed by atoms with van der Waals surface area (Å²) in [7, 11) is 0. The van der Waals surface area contributed by atoms with E-state index in [2.05, 4.69) is 15.1 Å². The van der Waals surface area contributed by atoms with Crippen molar-refractivity contribution in [2.24, 2.45) is 0 Å². The third-order valence-corrected chi connectivity index (χ3v) is 5.37. The summed E-state index contributed by atoms with van der Waals surface area (Å²) >= 11 is 1.46. The highest BCUT2D eigenvalue weighted by molar-refractivity contribution is 7.15. The summed E-state index contributed by atoms with van der Waals surface area (Å²) < 4.78 is 32.4. The van der Waals surface area contributed by atoms with Crippen molar-refractivity contribution in [3.63, 3.8) is 0 Å². The Balaban J connectivity index is 1.50. The Hall–Kier alpha value is -1.77. The van der Waals surface area contributed by atoms with Crippen LogP contribution < -0.4 is 10.6 Å². The topological polar surface area (TPSA) is 81.1 Å². The minimum atomic E-state index is -2.62. The van der Waals surface area contributed by atoms with E-state index < -0.39 is 5.92 Å². The average Bonchev–Trinajstić information content (AvgIpc) is 3.10. The molecule has 0 radical (unpaired) electrons. The maximum absolute atomic E-state index is 13.6. The molecule has 1 unspecified atom stereocenters. The lowest BCUT2D eigenvalue weighted by atomic mass is 9.86. The van der Waals surface area contributed by atoms with Crippen molar-refractivity contribution in [1.29, 1.82) is 0 Å². The Morgan fingerprint density at radius 2 is 2.22 bits per heavy atom. The highest BCUT2D eigenvalue weighted by Crippen LogP contribution is 2.41. The van der Waals surface area contributed by atoms with Gasteiger partial charge in [0.15, 0.2) is 11.0 Å². The Kier molecular flexibility index (Phi) is 3.47. The van der Waals surface area contributed by atoms with Gasteiger partial charge >= 0.3 is 6.01 Å². The van der Waals surface area contributed by atoms with Crippen molar-refractivity contribution < 1.29 is 13.3 Å². The second-order valence-corrected chi connectivity index (χ2v) is 7.29. The summed E-state index contributed by atoms with van der Waals surface area (Å²) in [5.74, 6) is -2.55. The fourth-order valence-electron chi connectivity index (χ4n) is 3.29. The smallest absolute Gasteiger partial charge is 0.324 e. The summed E-state index contributed by atoms with van der Waals surface area (Å²) in [6.45, 7) is 1.32. The van der Waals surface area contributed by atoms with E-state index in [1.807, 2.05) is 4.90 Å². The monoisotopic (exact) mass is 341 g/mol. The van der Waals surface area contributed by atoms with Crippen LogP contribution in [-0.4, -0.2) is 27.6 Å². The lowest BCUT2D eigenvalue weighted by Gasteiger charge is -2.26. The number of fused-ring (bicyclic) bond motifs is 1. The fourth-order valence-corrected chi connectivity index (χ4v) is 4.19. The molecule has 2 N–H and O–H groups in total. The van der Waals surface area contributed by atoms with E-state index in [1.54, 1.807) is 0 Å². The molecule has 9 heteroatoms. The molecule has 4 rings (SSSR count). The highest BCUT2D eigenvalue weighted by Gasteiger charge is 2.39. The van der Waals surface area contributed by atoms with Crippen LogP contribution in [0.5, 0.6) is 0 Å². The molecule has 0 saturated heterocycles. The first-order valence-electron chi connectivity index (χ1n) is 7.71. The van der Waals surface area contributed by atoms with E-state index in [4.69, 9.17) is 10.3 Å². The second kappa shape index (κ2) is 5.40. The van der Waals surface area contributed by atoms with Gasteiger partial charge in [0.25, 0.3) is 0 Å². The van der Waals surface area contributed by atoms with Crippen LogP contribution in [0.25, 0.3) is 0 Å². The maximum Gasteiger partial charge on any atom is 0.324 e. The van der Waals surface area contributed by atoms with Crippen LogP contribution in [0.3, 0.4) is 0 Å². The largest absolute Gasteiger partial charge is 0.375 e. The Morgan fingerprint density at radius 1 is 1.35 bits per heavy atom. The van der Waals surface area contributed by atoms with Crippen LogP contribution >= 0.6 is 11.3 Å². The zero-order valence-corrected chi connectivity index (χ0v) is 13.3. The molecule has 1 aliphatic carbocycles. The molecule has 0 spiro atoms. The fraction of sp³-hybridized carbons (Fsp3) is 0.643. The standard InChI is InChI=1S/C14H17F2N5OS/c15-14(16)4-1-2-8(6-14)11-19-13(22-20-11)21-5-3-9-10(7-21)23-12(17)18-9/h8H,1-7H2,(H2,17,18). The number of rotatable bonds is 2. The van der Waals surface area contributed by atoms with Gasteiger partial charge in [0, 0.05) is 36.6 Å². The maximum atomic E-state index is 13.6. The number of aromatic nitrogens is 3. The molecule has 1 fully saturated rings. The van der Waals surface area contributed by atoms with E-state index in [9.17, 15) is 8.78 Å². The second-order valence-electron chi connectivity index (χ2n) is 6.18. The SMILES string of the molecule is Nc1nc2c(s1)CN(c1nc(C3CCCC(F)(F)C3)no1)CC2. The van der Waals surface area contributed by atoms with Gasteiger partial charge in [-0.15, -0.1) is 11.3 Å². The molecule has 6 nitrogen and oxygen atoms in total. The molecule has 3 heterocycles. The van der Waals surface area contributed by atoms with Crippen molar-refractivity contribution in [2.75, 3.05) is 17.2 Å². The van der Waals surface area contributed by atoms with Gasteiger partial charge < -0.3 is 15.2 Å². The number of anilines is 2. The van der Waals surface area contributed by atoms with Gasteiger partial charge in [-0.3, -0.25) is 0 Å². The van der Waals surface area contributed by atoms with E-state index in [-0.39, 0.29) is 18.8 Å². The summed E-state index contributed by atoms with van der Waals surface area (Å²) in [5.41, 5.74) is 6.76. The molecule has 0 bridgehead atoms. The zero-order chi connectivity index (χ0) is 16.0. The molecule has 2 aliphatic rings. The number of hydrogen-bond acceptors (Lipinski definition) is 7. The molecule has 1 atom stereocenters. The first-order valence-corrected chi connectivity index (χ1v) is 8.52. The number of nitrogen functional groups attached to an aromatic ring is 1. The summed E-state index contributed by atoms with van der Waals surface area (Å²) in [6, 6.07) is 0.395. The molecule has 124 valence electrons. The number of nitrogens with two attached hydrogens (primary N) is 1. The number of halogens is 2. The molecule has 1 aliphatic heterocycles. The van der Waals surface area contributed by atoms with Crippen molar-refractivity contribution in [3.8, 4) is 0 Å². The molecular weight excluding hydrogens is 324 g/mol. The first-order chi connectivity index (χ1) is 11.0. The summed E-state index contributed by atoms with van der Waals surface area (Å²) in [5, 5.41) is 4.51. The van der Waals surface area contributed by atoms with E-state index >= 15 is 0 Å². The predicted molar refractivity (Wildman–Crippen MR) is 81.7 cm³/mol. The first kappa shape index (κ1) is 14.8. The molecule has 2 aromatic rings. The number of nitrogens with zero attached hydrogens (tertiary/aromatic N) is 4. The zero-order valence-electron chi connectivity index (χ0n) is 12.5. The van der Waals surface area contributed by atoms with Gasteiger partial charge in [-0.05, 0) is 12.8 Å². The number of alkyl halides is 2.